The lowest BCUT2D eigenvalue weighted by atomic mass is 10.1. The summed E-state index contributed by atoms with van der Waals surface area (Å²) in [5.41, 5.74) is -1.62. The van der Waals surface area contributed by atoms with Crippen molar-refractivity contribution in [1.29, 1.82) is 0 Å². The molecule has 2 amide bonds. The number of benzene rings is 1. The molecule has 2 N–H and O–H groups in total. The second-order valence-electron chi connectivity index (χ2n) is 6.44. The van der Waals surface area contributed by atoms with Crippen LogP contribution in [-0.4, -0.2) is 61.5 Å². The van der Waals surface area contributed by atoms with Crippen molar-refractivity contribution >= 4 is 28.8 Å². The topological polar surface area (TPSA) is 103 Å². The Hall–Kier alpha value is -2.99. The summed E-state index contributed by atoms with van der Waals surface area (Å²) in [7, 11) is 0. The predicted molar refractivity (Wildman–Crippen MR) is 102 cm³/mol. The summed E-state index contributed by atoms with van der Waals surface area (Å²) in [5.74, 6) is -0.854. The van der Waals surface area contributed by atoms with Crippen molar-refractivity contribution in [3.63, 3.8) is 0 Å². The van der Waals surface area contributed by atoms with Crippen molar-refractivity contribution in [2.75, 3.05) is 30.9 Å². The van der Waals surface area contributed by atoms with Gasteiger partial charge in [-0.3, -0.25) is 23.8 Å². The van der Waals surface area contributed by atoms with Gasteiger partial charge in [0.15, 0.2) is 0 Å². The average molecular weight is 442 g/mol. The highest BCUT2D eigenvalue weighted by molar-refractivity contribution is 7.80. The largest absolute Gasteiger partial charge is 0.418 e. The smallest absolute Gasteiger partial charge is 0.335 e. The zero-order valence-electron chi connectivity index (χ0n) is 15.4. The van der Waals surface area contributed by atoms with Crippen LogP contribution in [0.15, 0.2) is 42.7 Å². The highest BCUT2D eigenvalue weighted by atomic mass is 32.2. The Kier molecular flexibility index (Phi) is 6.37. The fraction of sp³-hybridized carbons (Fsp3) is 0.278. The van der Waals surface area contributed by atoms with Crippen LogP contribution in [0.3, 0.4) is 0 Å². The number of alkyl halides is 3. The molecule has 1 aromatic carbocycles. The van der Waals surface area contributed by atoms with Gasteiger partial charge in [-0.05, 0) is 30.3 Å². The molecule has 0 spiro atoms. The van der Waals surface area contributed by atoms with Crippen molar-refractivity contribution in [3.8, 4) is 0 Å². The Balaban J connectivity index is 1.72. The molecule has 1 aliphatic rings. The highest BCUT2D eigenvalue weighted by Gasteiger charge is 2.35. The molecular weight excluding hydrogens is 425 g/mol. The molecular formula is C18H17F3N4O4S. The summed E-state index contributed by atoms with van der Waals surface area (Å²) >= 11 is -2.69. The van der Waals surface area contributed by atoms with Crippen molar-refractivity contribution in [2.24, 2.45) is 0 Å². The van der Waals surface area contributed by atoms with E-state index in [1.165, 1.54) is 11.1 Å². The number of nitrogens with zero attached hydrogens (tertiary/aromatic N) is 3. The molecule has 3 rings (SSSR count). The third kappa shape index (κ3) is 4.94. The second-order valence-corrected chi connectivity index (χ2v) is 7.14. The summed E-state index contributed by atoms with van der Waals surface area (Å²) in [5, 5.41) is 0. The Labute approximate surface area is 172 Å². The minimum Gasteiger partial charge on any atom is -0.335 e. The highest BCUT2D eigenvalue weighted by Crippen LogP contribution is 2.36. The minimum atomic E-state index is -4.83. The number of carbonyl (C=O) groups is 2. The van der Waals surface area contributed by atoms with E-state index >= 15 is 0 Å². The molecule has 1 saturated heterocycles. The first-order valence-electron chi connectivity index (χ1n) is 8.74. The molecule has 160 valence electrons. The molecule has 1 aromatic heterocycles. The van der Waals surface area contributed by atoms with Gasteiger partial charge in [0, 0.05) is 44.1 Å². The molecule has 0 bridgehead atoms. The van der Waals surface area contributed by atoms with E-state index < -0.39 is 34.6 Å². The second kappa shape index (κ2) is 8.79. The van der Waals surface area contributed by atoms with Crippen LogP contribution in [0.1, 0.15) is 26.3 Å². The molecule has 0 saturated carbocycles. The number of pyridine rings is 1. The molecule has 1 fully saturated rings. The SMILES string of the molecule is O=C(c1cccnc1)N1CCN(C(=O)c2ccc(NS(=O)O)c(C(F)(F)F)c2)CC1. The summed E-state index contributed by atoms with van der Waals surface area (Å²) in [6.45, 7) is 0.781. The van der Waals surface area contributed by atoms with Gasteiger partial charge in [-0.2, -0.15) is 13.2 Å². The van der Waals surface area contributed by atoms with Gasteiger partial charge in [0.05, 0.1) is 16.8 Å². The van der Waals surface area contributed by atoms with Gasteiger partial charge in [-0.25, -0.2) is 4.21 Å². The number of hydrogen-bond donors (Lipinski definition) is 2. The van der Waals surface area contributed by atoms with Gasteiger partial charge in [0.1, 0.15) is 0 Å². The van der Waals surface area contributed by atoms with Crippen LogP contribution >= 0.6 is 0 Å². The molecule has 12 heteroatoms. The number of rotatable bonds is 4. The van der Waals surface area contributed by atoms with Gasteiger partial charge in [0.25, 0.3) is 23.1 Å². The summed E-state index contributed by atoms with van der Waals surface area (Å²) in [4.78, 5) is 31.9. The van der Waals surface area contributed by atoms with Gasteiger partial charge >= 0.3 is 6.18 Å². The van der Waals surface area contributed by atoms with Crippen LogP contribution in [0.2, 0.25) is 0 Å². The number of carbonyl (C=O) groups excluding carboxylic acids is 2. The molecule has 30 heavy (non-hydrogen) atoms. The van der Waals surface area contributed by atoms with E-state index in [9.17, 15) is 27.0 Å². The van der Waals surface area contributed by atoms with E-state index in [2.05, 4.69) is 4.98 Å². The van der Waals surface area contributed by atoms with Crippen LogP contribution < -0.4 is 4.72 Å². The standard InChI is InChI=1S/C18H17F3N4O4S/c19-18(20,21)14-10-12(3-4-15(14)23-30(28)29)16(26)24-6-8-25(9-7-24)17(27)13-2-1-5-22-11-13/h1-5,10-11,23H,6-9H2,(H,28,29). The van der Waals surface area contributed by atoms with E-state index in [4.69, 9.17) is 4.55 Å². The lowest BCUT2D eigenvalue weighted by Crippen LogP contribution is -2.50. The normalized spacial score (nSPS) is 15.6. The molecule has 1 atom stereocenters. The number of nitrogens with one attached hydrogen (secondary N) is 1. The fourth-order valence-electron chi connectivity index (χ4n) is 3.06. The molecule has 8 nitrogen and oxygen atoms in total. The molecule has 1 unspecified atom stereocenters. The Morgan fingerprint density at radius 1 is 1.03 bits per heavy atom. The maximum atomic E-state index is 13.3. The number of aromatic nitrogens is 1. The predicted octanol–water partition coefficient (Wildman–Crippen LogP) is 2.25. The first-order chi connectivity index (χ1) is 14.2. The molecule has 0 aliphatic carbocycles. The van der Waals surface area contributed by atoms with Crippen LogP contribution in [0.25, 0.3) is 0 Å². The maximum absolute atomic E-state index is 13.3. The van der Waals surface area contributed by atoms with E-state index in [1.54, 1.807) is 28.0 Å². The van der Waals surface area contributed by atoms with Crippen molar-refractivity contribution in [3.05, 3.63) is 59.4 Å². The van der Waals surface area contributed by atoms with E-state index in [0.29, 0.717) is 11.6 Å². The Morgan fingerprint density at radius 2 is 1.63 bits per heavy atom. The van der Waals surface area contributed by atoms with Crippen LogP contribution in [-0.2, 0) is 17.4 Å². The number of halogens is 3. The average Bonchev–Trinajstić information content (AvgIpc) is 2.72. The van der Waals surface area contributed by atoms with Gasteiger partial charge < -0.3 is 9.80 Å². The first kappa shape index (κ1) is 21.7. The molecule has 1 aliphatic heterocycles. The van der Waals surface area contributed by atoms with Crippen molar-refractivity contribution in [2.45, 2.75) is 6.18 Å². The van der Waals surface area contributed by atoms with Crippen molar-refractivity contribution < 1.29 is 31.5 Å². The van der Waals surface area contributed by atoms with Gasteiger partial charge in [-0.15, -0.1) is 0 Å². The Morgan fingerprint density at radius 3 is 2.13 bits per heavy atom. The van der Waals surface area contributed by atoms with E-state index in [-0.39, 0.29) is 37.6 Å². The number of anilines is 1. The fourth-order valence-corrected chi connectivity index (χ4v) is 3.43. The minimum absolute atomic E-state index is 0.160. The van der Waals surface area contributed by atoms with Crippen LogP contribution in [0.5, 0.6) is 0 Å². The summed E-state index contributed by atoms with van der Waals surface area (Å²) in [6, 6.07) is 5.99. The maximum Gasteiger partial charge on any atom is 0.418 e. The lowest BCUT2D eigenvalue weighted by Gasteiger charge is -2.35. The molecule has 2 heterocycles. The van der Waals surface area contributed by atoms with Crippen LogP contribution in [0, 0.1) is 0 Å². The van der Waals surface area contributed by atoms with Gasteiger partial charge in [0.2, 0.25) is 0 Å². The zero-order valence-corrected chi connectivity index (χ0v) is 16.2. The third-order valence-corrected chi connectivity index (χ3v) is 4.93. The Bertz CT molecular complexity index is 964. The summed E-state index contributed by atoms with van der Waals surface area (Å²) in [6.07, 6.45) is -1.85. The first-order valence-corrected chi connectivity index (χ1v) is 9.85. The monoisotopic (exact) mass is 442 g/mol. The summed E-state index contributed by atoms with van der Waals surface area (Å²) < 4.78 is 61.3. The molecule has 0 radical (unpaired) electrons. The zero-order chi connectivity index (χ0) is 21.9. The van der Waals surface area contributed by atoms with Crippen LogP contribution in [0.4, 0.5) is 18.9 Å². The molecule has 2 aromatic rings. The quantitative estimate of drug-likeness (QED) is 0.707. The van der Waals surface area contributed by atoms with Crippen molar-refractivity contribution in [1.82, 2.24) is 14.8 Å². The number of hydrogen-bond acceptors (Lipinski definition) is 4. The van der Waals surface area contributed by atoms with E-state index in [1.807, 2.05) is 0 Å². The van der Waals surface area contributed by atoms with E-state index in [0.717, 1.165) is 12.1 Å². The number of piperazine rings is 1. The lowest BCUT2D eigenvalue weighted by molar-refractivity contribution is -0.136. The van der Waals surface area contributed by atoms with Gasteiger partial charge in [-0.1, -0.05) is 0 Å². The number of amides is 2. The third-order valence-electron chi connectivity index (χ3n) is 4.53.